The Kier molecular flexibility index (Phi) is 3.89. The molecule has 0 aliphatic heterocycles. The third-order valence-corrected chi connectivity index (χ3v) is 2.55. The van der Waals surface area contributed by atoms with Crippen molar-refractivity contribution in [2.75, 3.05) is 11.9 Å². The highest BCUT2D eigenvalue weighted by Gasteiger charge is 2.04. The lowest BCUT2D eigenvalue weighted by Crippen LogP contribution is -2.32. The van der Waals surface area contributed by atoms with Crippen molar-refractivity contribution in [3.8, 4) is 0 Å². The third kappa shape index (κ3) is 3.28. The molecule has 0 radical (unpaired) electrons. The van der Waals surface area contributed by atoms with Crippen LogP contribution in [0.3, 0.4) is 0 Å². The van der Waals surface area contributed by atoms with Gasteiger partial charge in [-0.15, -0.1) is 0 Å². The fourth-order valence-electron chi connectivity index (χ4n) is 1.64. The van der Waals surface area contributed by atoms with Crippen LogP contribution in [0, 0.1) is 0 Å². The molecule has 2 rings (SSSR count). The number of pyridine rings is 1. The highest BCUT2D eigenvalue weighted by atomic mass is 16.1. The second-order valence-electron chi connectivity index (χ2n) is 4.50. The van der Waals surface area contributed by atoms with E-state index >= 15 is 0 Å². The van der Waals surface area contributed by atoms with Gasteiger partial charge in [-0.2, -0.15) is 0 Å². The van der Waals surface area contributed by atoms with Crippen LogP contribution in [-0.2, 0) is 4.79 Å². The second-order valence-corrected chi connectivity index (χ2v) is 4.50. The normalized spacial score (nSPS) is 10.8. The van der Waals surface area contributed by atoms with Gasteiger partial charge in [-0.05, 0) is 12.1 Å². The van der Waals surface area contributed by atoms with Gasteiger partial charge in [0, 0.05) is 11.4 Å². The van der Waals surface area contributed by atoms with Crippen molar-refractivity contribution in [3.63, 3.8) is 0 Å². The summed E-state index contributed by atoms with van der Waals surface area (Å²) in [4.78, 5) is 15.9. The molecule has 0 atom stereocenters. The maximum atomic E-state index is 11.7. The van der Waals surface area contributed by atoms with Gasteiger partial charge in [0.25, 0.3) is 0 Å². The van der Waals surface area contributed by atoms with E-state index in [1.165, 1.54) is 0 Å². The zero-order valence-corrected chi connectivity index (χ0v) is 10.6. The summed E-state index contributed by atoms with van der Waals surface area (Å²) < 4.78 is 0. The summed E-state index contributed by atoms with van der Waals surface area (Å²) in [5.74, 6) is -0.0548. The highest BCUT2D eigenvalue weighted by Crippen LogP contribution is 2.15. The van der Waals surface area contributed by atoms with E-state index in [-0.39, 0.29) is 5.91 Å². The van der Waals surface area contributed by atoms with Crippen LogP contribution in [0.1, 0.15) is 13.8 Å². The Balaban J connectivity index is 2.05. The number of nitrogens with one attached hydrogen (secondary N) is 2. The number of hydrogen-bond acceptors (Lipinski definition) is 3. The predicted molar refractivity (Wildman–Crippen MR) is 73.5 cm³/mol. The number of aromatic nitrogens is 1. The molecule has 0 bridgehead atoms. The van der Waals surface area contributed by atoms with Gasteiger partial charge in [-0.1, -0.05) is 32.0 Å². The van der Waals surface area contributed by atoms with Gasteiger partial charge in [-0.25, -0.2) is 0 Å². The molecule has 0 unspecified atom stereocenters. The molecular weight excluding hydrogens is 226 g/mol. The van der Waals surface area contributed by atoms with Gasteiger partial charge in [0.2, 0.25) is 5.91 Å². The van der Waals surface area contributed by atoms with E-state index < -0.39 is 0 Å². The Morgan fingerprint density at radius 1 is 1.33 bits per heavy atom. The minimum absolute atomic E-state index is 0.0548. The number of amides is 1. The number of anilines is 1. The van der Waals surface area contributed by atoms with Crippen LogP contribution in [0.25, 0.3) is 10.9 Å². The van der Waals surface area contributed by atoms with Crippen molar-refractivity contribution in [3.05, 3.63) is 36.5 Å². The molecule has 0 saturated carbocycles. The van der Waals surface area contributed by atoms with Crippen molar-refractivity contribution in [1.82, 2.24) is 10.3 Å². The first-order chi connectivity index (χ1) is 8.65. The van der Waals surface area contributed by atoms with Crippen LogP contribution in [0.4, 0.5) is 5.69 Å². The number of fused-ring (bicyclic) bond motifs is 1. The Hall–Kier alpha value is -1.94. The van der Waals surface area contributed by atoms with Gasteiger partial charge in [0.05, 0.1) is 23.9 Å². The fourth-order valence-corrected chi connectivity index (χ4v) is 1.64. The van der Waals surface area contributed by atoms with E-state index in [1.807, 2.05) is 44.2 Å². The van der Waals surface area contributed by atoms with Crippen molar-refractivity contribution >= 4 is 22.5 Å². The zero-order chi connectivity index (χ0) is 13.0. The summed E-state index contributed by atoms with van der Waals surface area (Å²) in [7, 11) is 0. The van der Waals surface area contributed by atoms with Crippen molar-refractivity contribution in [1.29, 1.82) is 0 Å². The molecule has 94 valence electrons. The summed E-state index contributed by atoms with van der Waals surface area (Å²) in [6, 6.07) is 10.0. The Morgan fingerprint density at radius 2 is 2.11 bits per heavy atom. The van der Waals surface area contributed by atoms with E-state index in [4.69, 9.17) is 0 Å². The average Bonchev–Trinajstić information content (AvgIpc) is 2.36. The van der Waals surface area contributed by atoms with Crippen molar-refractivity contribution in [2.45, 2.75) is 19.9 Å². The first-order valence-electron chi connectivity index (χ1n) is 6.03. The second kappa shape index (κ2) is 5.60. The summed E-state index contributed by atoms with van der Waals surface area (Å²) in [5.41, 5.74) is 1.65. The molecule has 0 fully saturated rings. The lowest BCUT2D eigenvalue weighted by Gasteiger charge is -2.09. The maximum absolute atomic E-state index is 11.7. The van der Waals surface area contributed by atoms with E-state index in [2.05, 4.69) is 15.6 Å². The lowest BCUT2D eigenvalue weighted by molar-refractivity contribution is -0.115. The number of nitrogens with zero attached hydrogens (tertiary/aromatic N) is 1. The largest absolute Gasteiger partial charge is 0.324 e. The molecule has 0 saturated heterocycles. The molecule has 1 aromatic heterocycles. The van der Waals surface area contributed by atoms with Gasteiger partial charge in [0.15, 0.2) is 0 Å². The molecule has 2 N–H and O–H groups in total. The fraction of sp³-hybridized carbons (Fsp3) is 0.286. The molecule has 0 spiro atoms. The molecule has 0 aliphatic rings. The van der Waals surface area contributed by atoms with E-state index in [1.54, 1.807) is 6.20 Å². The molecule has 1 aromatic carbocycles. The molecular formula is C14H17N3O. The van der Waals surface area contributed by atoms with Crippen LogP contribution in [0.2, 0.25) is 0 Å². The monoisotopic (exact) mass is 243 g/mol. The summed E-state index contributed by atoms with van der Waals surface area (Å²) >= 11 is 0. The van der Waals surface area contributed by atoms with E-state index in [0.717, 1.165) is 16.6 Å². The molecule has 2 aromatic rings. The number of carbonyl (C=O) groups is 1. The summed E-state index contributed by atoms with van der Waals surface area (Å²) in [6.45, 7) is 4.32. The van der Waals surface area contributed by atoms with Gasteiger partial charge in [0.1, 0.15) is 0 Å². The number of carbonyl (C=O) groups excluding carboxylic acids is 1. The van der Waals surface area contributed by atoms with Crippen LogP contribution in [0.5, 0.6) is 0 Å². The van der Waals surface area contributed by atoms with Gasteiger partial charge in [-0.3, -0.25) is 9.78 Å². The Morgan fingerprint density at radius 3 is 2.89 bits per heavy atom. The number of rotatable bonds is 4. The first-order valence-corrected chi connectivity index (χ1v) is 6.03. The van der Waals surface area contributed by atoms with Crippen LogP contribution in [-0.4, -0.2) is 23.5 Å². The maximum Gasteiger partial charge on any atom is 0.238 e. The Bertz CT molecular complexity index is 551. The third-order valence-electron chi connectivity index (χ3n) is 2.55. The molecule has 1 heterocycles. The lowest BCUT2D eigenvalue weighted by atomic mass is 10.2. The van der Waals surface area contributed by atoms with Crippen LogP contribution >= 0.6 is 0 Å². The highest BCUT2D eigenvalue weighted by molar-refractivity contribution is 5.94. The molecule has 4 nitrogen and oxygen atoms in total. The molecule has 18 heavy (non-hydrogen) atoms. The minimum atomic E-state index is -0.0548. The van der Waals surface area contributed by atoms with Gasteiger partial charge < -0.3 is 10.6 Å². The Labute approximate surface area is 106 Å². The van der Waals surface area contributed by atoms with Crippen molar-refractivity contribution in [2.24, 2.45) is 0 Å². The number of para-hydroxylation sites is 1. The number of hydrogen-bond donors (Lipinski definition) is 2. The van der Waals surface area contributed by atoms with Crippen LogP contribution in [0.15, 0.2) is 36.5 Å². The van der Waals surface area contributed by atoms with E-state index in [0.29, 0.717) is 12.6 Å². The minimum Gasteiger partial charge on any atom is -0.324 e. The first kappa shape index (κ1) is 12.5. The van der Waals surface area contributed by atoms with E-state index in [9.17, 15) is 4.79 Å². The average molecular weight is 243 g/mol. The van der Waals surface area contributed by atoms with Crippen LogP contribution < -0.4 is 10.6 Å². The SMILES string of the molecule is CC(C)NCC(=O)Nc1cnc2ccccc2c1. The molecule has 0 aliphatic carbocycles. The standard InChI is InChI=1S/C14H17N3O/c1-10(2)15-9-14(18)17-12-7-11-5-3-4-6-13(11)16-8-12/h3-8,10,15H,9H2,1-2H3,(H,17,18). The summed E-state index contributed by atoms with van der Waals surface area (Å²) in [6.07, 6.45) is 1.68. The van der Waals surface area contributed by atoms with Gasteiger partial charge >= 0.3 is 0 Å². The van der Waals surface area contributed by atoms with Crippen molar-refractivity contribution < 1.29 is 4.79 Å². The predicted octanol–water partition coefficient (Wildman–Crippen LogP) is 2.17. The summed E-state index contributed by atoms with van der Waals surface area (Å²) in [5, 5.41) is 6.92. The molecule has 1 amide bonds. The smallest absolute Gasteiger partial charge is 0.238 e. The number of benzene rings is 1. The topological polar surface area (TPSA) is 54.0 Å². The zero-order valence-electron chi connectivity index (χ0n) is 10.6. The molecule has 4 heteroatoms. The quantitative estimate of drug-likeness (QED) is 0.865.